The summed E-state index contributed by atoms with van der Waals surface area (Å²) in [6.07, 6.45) is -0.975. The molecule has 0 aliphatic rings. The summed E-state index contributed by atoms with van der Waals surface area (Å²) in [5.41, 5.74) is 0.597. The second-order valence-electron chi connectivity index (χ2n) is 4.12. The van der Waals surface area contributed by atoms with Crippen molar-refractivity contribution in [1.29, 1.82) is 0 Å². The molecule has 1 aromatic carbocycles. The van der Waals surface area contributed by atoms with Gasteiger partial charge in [-0.2, -0.15) is 13.2 Å². The van der Waals surface area contributed by atoms with Crippen molar-refractivity contribution in [2.24, 2.45) is 0 Å². The summed E-state index contributed by atoms with van der Waals surface area (Å²) < 4.78 is 38.3. The molecule has 2 aromatic rings. The third-order valence-corrected chi connectivity index (χ3v) is 2.69. The van der Waals surface area contributed by atoms with Crippen LogP contribution in [-0.2, 0) is 19.3 Å². The molecule has 0 unspecified atom stereocenters. The fourth-order valence-corrected chi connectivity index (χ4v) is 1.80. The van der Waals surface area contributed by atoms with E-state index in [9.17, 15) is 13.2 Å². The van der Waals surface area contributed by atoms with Gasteiger partial charge in [0.1, 0.15) is 0 Å². The molecule has 0 spiro atoms. The SMILES string of the molecule is FC(F)(F)c1ccccc1CNCc1cccnc1. The van der Waals surface area contributed by atoms with E-state index >= 15 is 0 Å². The second kappa shape index (κ2) is 5.84. The van der Waals surface area contributed by atoms with Gasteiger partial charge in [0, 0.05) is 25.5 Å². The van der Waals surface area contributed by atoms with Crippen molar-refractivity contribution in [1.82, 2.24) is 10.3 Å². The van der Waals surface area contributed by atoms with E-state index in [2.05, 4.69) is 10.3 Å². The van der Waals surface area contributed by atoms with Crippen LogP contribution < -0.4 is 5.32 Å². The first-order chi connectivity index (χ1) is 9.07. The van der Waals surface area contributed by atoms with Crippen LogP contribution in [0.2, 0.25) is 0 Å². The van der Waals surface area contributed by atoms with Crippen molar-refractivity contribution >= 4 is 0 Å². The van der Waals surface area contributed by atoms with E-state index in [-0.39, 0.29) is 12.1 Å². The minimum Gasteiger partial charge on any atom is -0.309 e. The summed E-state index contributed by atoms with van der Waals surface area (Å²) in [5.74, 6) is 0. The molecule has 0 amide bonds. The highest BCUT2D eigenvalue weighted by Crippen LogP contribution is 2.31. The Bertz CT molecular complexity index is 524. The number of aromatic nitrogens is 1. The monoisotopic (exact) mass is 266 g/mol. The Hall–Kier alpha value is -1.88. The van der Waals surface area contributed by atoms with E-state index in [1.165, 1.54) is 12.1 Å². The molecular formula is C14H13F3N2. The molecule has 100 valence electrons. The zero-order valence-electron chi connectivity index (χ0n) is 10.1. The maximum atomic E-state index is 12.8. The van der Waals surface area contributed by atoms with Gasteiger partial charge in [0.05, 0.1) is 5.56 Å². The number of halogens is 3. The minimum atomic E-state index is -4.31. The van der Waals surface area contributed by atoms with Gasteiger partial charge in [0.25, 0.3) is 0 Å². The Morgan fingerprint density at radius 2 is 1.79 bits per heavy atom. The van der Waals surface area contributed by atoms with Crippen molar-refractivity contribution in [3.05, 3.63) is 65.5 Å². The number of alkyl halides is 3. The average Bonchev–Trinajstić information content (AvgIpc) is 2.39. The molecular weight excluding hydrogens is 253 g/mol. The van der Waals surface area contributed by atoms with E-state index in [1.54, 1.807) is 24.5 Å². The number of benzene rings is 1. The zero-order chi connectivity index (χ0) is 13.7. The van der Waals surface area contributed by atoms with Crippen LogP contribution >= 0.6 is 0 Å². The molecule has 0 fully saturated rings. The number of hydrogen-bond acceptors (Lipinski definition) is 2. The Morgan fingerprint density at radius 1 is 1.00 bits per heavy atom. The first-order valence-electron chi connectivity index (χ1n) is 5.82. The van der Waals surface area contributed by atoms with Gasteiger partial charge in [-0.25, -0.2) is 0 Å². The maximum Gasteiger partial charge on any atom is 0.416 e. The topological polar surface area (TPSA) is 24.9 Å². The van der Waals surface area contributed by atoms with Crippen LogP contribution in [0.5, 0.6) is 0 Å². The van der Waals surface area contributed by atoms with Crippen LogP contribution in [0.15, 0.2) is 48.8 Å². The van der Waals surface area contributed by atoms with Crippen molar-refractivity contribution in [3.8, 4) is 0 Å². The molecule has 0 saturated carbocycles. The molecule has 2 nitrogen and oxygen atoms in total. The fourth-order valence-electron chi connectivity index (χ4n) is 1.80. The molecule has 0 bridgehead atoms. The van der Waals surface area contributed by atoms with Crippen LogP contribution in [0.25, 0.3) is 0 Å². The standard InChI is InChI=1S/C14H13F3N2/c15-14(16,17)13-6-2-1-5-12(13)10-19-9-11-4-3-7-18-8-11/h1-8,19H,9-10H2. The first kappa shape index (κ1) is 13.5. The van der Waals surface area contributed by atoms with Crippen LogP contribution in [0.1, 0.15) is 16.7 Å². The fraction of sp³-hybridized carbons (Fsp3) is 0.214. The maximum absolute atomic E-state index is 12.8. The van der Waals surface area contributed by atoms with Gasteiger partial charge in [-0.15, -0.1) is 0 Å². The first-order valence-corrected chi connectivity index (χ1v) is 5.82. The smallest absolute Gasteiger partial charge is 0.309 e. The minimum absolute atomic E-state index is 0.171. The lowest BCUT2D eigenvalue weighted by atomic mass is 10.1. The molecule has 1 heterocycles. The molecule has 0 radical (unpaired) electrons. The third kappa shape index (κ3) is 3.79. The number of nitrogens with zero attached hydrogens (tertiary/aromatic N) is 1. The second-order valence-corrected chi connectivity index (χ2v) is 4.12. The highest BCUT2D eigenvalue weighted by Gasteiger charge is 2.32. The van der Waals surface area contributed by atoms with Crippen molar-refractivity contribution in [2.75, 3.05) is 0 Å². The summed E-state index contributed by atoms with van der Waals surface area (Å²) in [5, 5.41) is 2.99. The van der Waals surface area contributed by atoms with Crippen molar-refractivity contribution in [3.63, 3.8) is 0 Å². The van der Waals surface area contributed by atoms with Gasteiger partial charge < -0.3 is 5.32 Å². The van der Waals surface area contributed by atoms with E-state index in [0.29, 0.717) is 6.54 Å². The normalized spacial score (nSPS) is 11.5. The summed E-state index contributed by atoms with van der Waals surface area (Å²) in [4.78, 5) is 3.95. The van der Waals surface area contributed by atoms with E-state index in [4.69, 9.17) is 0 Å². The zero-order valence-corrected chi connectivity index (χ0v) is 10.1. The average molecular weight is 266 g/mol. The predicted molar refractivity (Wildman–Crippen MR) is 66.2 cm³/mol. The summed E-state index contributed by atoms with van der Waals surface area (Å²) in [6, 6.07) is 9.25. The largest absolute Gasteiger partial charge is 0.416 e. The molecule has 0 aliphatic heterocycles. The van der Waals surface area contributed by atoms with Gasteiger partial charge in [0.2, 0.25) is 0 Å². The summed E-state index contributed by atoms with van der Waals surface area (Å²) in [7, 11) is 0. The number of nitrogens with one attached hydrogen (secondary N) is 1. The van der Waals surface area contributed by atoms with Gasteiger partial charge in [-0.05, 0) is 23.3 Å². The highest BCUT2D eigenvalue weighted by atomic mass is 19.4. The van der Waals surface area contributed by atoms with Gasteiger partial charge in [-0.3, -0.25) is 4.98 Å². The van der Waals surface area contributed by atoms with Crippen molar-refractivity contribution in [2.45, 2.75) is 19.3 Å². The number of rotatable bonds is 4. The molecule has 0 atom stereocenters. The quantitative estimate of drug-likeness (QED) is 0.917. The van der Waals surface area contributed by atoms with Crippen LogP contribution in [0.4, 0.5) is 13.2 Å². The molecule has 2 rings (SSSR count). The molecule has 19 heavy (non-hydrogen) atoms. The van der Waals surface area contributed by atoms with Gasteiger partial charge >= 0.3 is 6.18 Å². The Balaban J connectivity index is 2.00. The van der Waals surface area contributed by atoms with Crippen LogP contribution in [-0.4, -0.2) is 4.98 Å². The number of hydrogen-bond donors (Lipinski definition) is 1. The van der Waals surface area contributed by atoms with Gasteiger partial charge in [-0.1, -0.05) is 24.3 Å². The lowest BCUT2D eigenvalue weighted by Gasteiger charge is -2.13. The number of pyridine rings is 1. The third-order valence-electron chi connectivity index (χ3n) is 2.69. The lowest BCUT2D eigenvalue weighted by molar-refractivity contribution is -0.138. The summed E-state index contributed by atoms with van der Waals surface area (Å²) >= 11 is 0. The van der Waals surface area contributed by atoms with E-state index in [1.807, 2.05) is 6.07 Å². The van der Waals surface area contributed by atoms with Crippen LogP contribution in [0.3, 0.4) is 0 Å². The predicted octanol–water partition coefficient (Wildman–Crippen LogP) is 3.39. The lowest BCUT2D eigenvalue weighted by Crippen LogP contribution is -2.17. The molecule has 1 N–H and O–H groups in total. The molecule has 0 aliphatic carbocycles. The highest BCUT2D eigenvalue weighted by molar-refractivity contribution is 5.29. The Kier molecular flexibility index (Phi) is 4.16. The molecule has 1 aromatic heterocycles. The Morgan fingerprint density at radius 3 is 2.47 bits per heavy atom. The van der Waals surface area contributed by atoms with Crippen molar-refractivity contribution < 1.29 is 13.2 Å². The van der Waals surface area contributed by atoms with E-state index in [0.717, 1.165) is 11.6 Å². The van der Waals surface area contributed by atoms with E-state index < -0.39 is 11.7 Å². The van der Waals surface area contributed by atoms with Crippen LogP contribution in [0, 0.1) is 0 Å². The summed E-state index contributed by atoms with van der Waals surface area (Å²) in [6.45, 7) is 0.657. The van der Waals surface area contributed by atoms with Gasteiger partial charge in [0.15, 0.2) is 0 Å². The molecule has 5 heteroatoms. The Labute approximate surface area is 109 Å². The molecule has 0 saturated heterocycles.